The van der Waals surface area contributed by atoms with Gasteiger partial charge in [0.15, 0.2) is 0 Å². The number of aromatic nitrogens is 1. The highest BCUT2D eigenvalue weighted by Crippen LogP contribution is 2.39. The first-order chi connectivity index (χ1) is 12.7. The Hall–Kier alpha value is -2.34. The minimum atomic E-state index is -0.136. The zero-order valence-corrected chi connectivity index (χ0v) is 15.4. The molecule has 2 amide bonds. The number of anilines is 1. The number of benzene rings is 1. The predicted molar refractivity (Wildman–Crippen MR) is 102 cm³/mol. The molecule has 5 nitrogen and oxygen atoms in total. The number of carbonyl (C=O) groups excluding carboxylic acids is 2. The molecule has 2 aromatic rings. The minimum absolute atomic E-state index is 0.0134. The molecule has 1 fully saturated rings. The topological polar surface area (TPSA) is 53.5 Å². The molecule has 2 aliphatic rings. The zero-order chi connectivity index (χ0) is 17.9. The third-order valence-electron chi connectivity index (χ3n) is 4.86. The third kappa shape index (κ3) is 3.33. The van der Waals surface area contributed by atoms with Gasteiger partial charge in [0.25, 0.3) is 5.91 Å². The number of carbonyl (C=O) groups is 2. The largest absolute Gasteiger partial charge is 0.341 e. The Morgan fingerprint density at radius 1 is 1.04 bits per heavy atom. The molecule has 1 saturated heterocycles. The van der Waals surface area contributed by atoms with E-state index in [0.717, 1.165) is 35.9 Å². The molecule has 2 aliphatic heterocycles. The molecule has 0 saturated carbocycles. The summed E-state index contributed by atoms with van der Waals surface area (Å²) in [5.74, 6) is -0.123. The van der Waals surface area contributed by atoms with Crippen LogP contribution in [0.2, 0.25) is 0 Å². The van der Waals surface area contributed by atoms with E-state index in [2.05, 4.69) is 4.98 Å². The highest BCUT2D eigenvalue weighted by Gasteiger charge is 2.30. The third-order valence-corrected chi connectivity index (χ3v) is 5.95. The number of amides is 2. The highest BCUT2D eigenvalue weighted by molar-refractivity contribution is 7.99. The summed E-state index contributed by atoms with van der Waals surface area (Å²) in [4.78, 5) is 34.9. The van der Waals surface area contributed by atoms with Gasteiger partial charge in [-0.05, 0) is 37.1 Å². The van der Waals surface area contributed by atoms with Crippen LogP contribution in [0.3, 0.4) is 0 Å². The number of pyridine rings is 1. The van der Waals surface area contributed by atoms with Crippen molar-refractivity contribution in [3.05, 3.63) is 48.2 Å². The summed E-state index contributed by atoms with van der Waals surface area (Å²) in [7, 11) is 0. The van der Waals surface area contributed by atoms with Gasteiger partial charge in [-0.25, -0.2) is 4.98 Å². The molecule has 0 N–H and O–H groups in total. The highest BCUT2D eigenvalue weighted by atomic mass is 32.2. The van der Waals surface area contributed by atoms with Gasteiger partial charge in [-0.2, -0.15) is 0 Å². The van der Waals surface area contributed by atoms with Crippen molar-refractivity contribution >= 4 is 29.3 Å². The van der Waals surface area contributed by atoms with Crippen LogP contribution in [-0.2, 0) is 4.79 Å². The average Bonchev–Trinajstić information content (AvgIpc) is 3.01. The van der Waals surface area contributed by atoms with Gasteiger partial charge in [0.2, 0.25) is 5.91 Å². The predicted octanol–water partition coefficient (Wildman–Crippen LogP) is 3.60. The molecule has 0 spiro atoms. The number of likely N-dealkylation sites (tertiary alicyclic amines) is 1. The number of fused-ring (bicyclic) bond motifs is 2. The second-order valence-corrected chi connectivity index (χ2v) is 7.64. The molecule has 134 valence electrons. The lowest BCUT2D eigenvalue weighted by molar-refractivity contribution is -0.129. The summed E-state index contributed by atoms with van der Waals surface area (Å²) in [5.41, 5.74) is 1.33. The fraction of sp³-hybridized carbons (Fsp3) is 0.350. The zero-order valence-electron chi connectivity index (χ0n) is 14.6. The van der Waals surface area contributed by atoms with E-state index < -0.39 is 0 Å². The van der Waals surface area contributed by atoms with Gasteiger partial charge in [0, 0.05) is 24.2 Å². The molecule has 6 heteroatoms. The summed E-state index contributed by atoms with van der Waals surface area (Å²) < 4.78 is 0. The van der Waals surface area contributed by atoms with Crippen molar-refractivity contribution in [1.29, 1.82) is 0 Å². The van der Waals surface area contributed by atoms with Gasteiger partial charge in [0.1, 0.15) is 11.6 Å². The standard InChI is InChI=1S/C20H21N3O2S/c24-18(22-12-5-1-2-6-13-22)14-23-16-9-7-11-21-19(16)26-17-10-4-3-8-15(17)20(23)25/h3-4,7-11H,1-2,5-6,12-14H2. The van der Waals surface area contributed by atoms with Crippen LogP contribution in [0.1, 0.15) is 36.0 Å². The molecule has 0 unspecified atom stereocenters. The SMILES string of the molecule is O=C(CN1C(=O)c2ccccc2Sc2ncccc21)N1CCCCCC1. The van der Waals surface area contributed by atoms with Gasteiger partial charge in [-0.15, -0.1) is 0 Å². The van der Waals surface area contributed by atoms with Crippen LogP contribution < -0.4 is 4.90 Å². The van der Waals surface area contributed by atoms with Gasteiger partial charge in [-0.1, -0.05) is 36.7 Å². The van der Waals surface area contributed by atoms with Crippen LogP contribution in [0.15, 0.2) is 52.5 Å². The lowest BCUT2D eigenvalue weighted by atomic mass is 10.2. The first-order valence-electron chi connectivity index (χ1n) is 9.05. The van der Waals surface area contributed by atoms with E-state index in [1.807, 2.05) is 41.3 Å². The summed E-state index contributed by atoms with van der Waals surface area (Å²) in [6.07, 6.45) is 6.14. The second kappa shape index (κ2) is 7.50. The van der Waals surface area contributed by atoms with Gasteiger partial charge in [-0.3, -0.25) is 14.5 Å². The van der Waals surface area contributed by atoms with Crippen LogP contribution >= 0.6 is 11.8 Å². The van der Waals surface area contributed by atoms with Crippen LogP contribution in [0.25, 0.3) is 0 Å². The summed E-state index contributed by atoms with van der Waals surface area (Å²) in [5, 5.41) is 0.759. The summed E-state index contributed by atoms with van der Waals surface area (Å²) in [6, 6.07) is 11.2. The first kappa shape index (κ1) is 17.1. The van der Waals surface area contributed by atoms with E-state index in [1.54, 1.807) is 11.1 Å². The molecule has 26 heavy (non-hydrogen) atoms. The Morgan fingerprint density at radius 3 is 2.62 bits per heavy atom. The summed E-state index contributed by atoms with van der Waals surface area (Å²) >= 11 is 1.48. The average molecular weight is 367 g/mol. The van der Waals surface area contributed by atoms with E-state index in [4.69, 9.17) is 0 Å². The van der Waals surface area contributed by atoms with Crippen molar-refractivity contribution in [2.75, 3.05) is 24.5 Å². The summed E-state index contributed by atoms with van der Waals surface area (Å²) in [6.45, 7) is 1.63. The van der Waals surface area contributed by atoms with Crippen molar-refractivity contribution in [2.45, 2.75) is 35.6 Å². The van der Waals surface area contributed by atoms with Crippen LogP contribution in [0.5, 0.6) is 0 Å². The quantitative estimate of drug-likeness (QED) is 0.814. The number of hydrogen-bond donors (Lipinski definition) is 0. The normalized spacial score (nSPS) is 17.2. The van der Waals surface area contributed by atoms with E-state index in [-0.39, 0.29) is 18.4 Å². The van der Waals surface area contributed by atoms with E-state index in [0.29, 0.717) is 11.3 Å². The Bertz CT molecular complexity index is 831. The number of hydrogen-bond acceptors (Lipinski definition) is 4. The first-order valence-corrected chi connectivity index (χ1v) is 9.87. The Kier molecular flexibility index (Phi) is 4.93. The monoisotopic (exact) mass is 367 g/mol. The molecule has 0 radical (unpaired) electrons. The van der Waals surface area contributed by atoms with Crippen molar-refractivity contribution in [1.82, 2.24) is 9.88 Å². The number of rotatable bonds is 2. The molecule has 1 aromatic heterocycles. The fourth-order valence-corrected chi connectivity index (χ4v) is 4.49. The second-order valence-electron chi connectivity index (χ2n) is 6.61. The van der Waals surface area contributed by atoms with Crippen LogP contribution in [0, 0.1) is 0 Å². The van der Waals surface area contributed by atoms with Crippen molar-refractivity contribution < 1.29 is 9.59 Å². The molecule has 1 aromatic carbocycles. The number of nitrogens with zero attached hydrogens (tertiary/aromatic N) is 3. The van der Waals surface area contributed by atoms with E-state index in [9.17, 15) is 9.59 Å². The lowest BCUT2D eigenvalue weighted by Gasteiger charge is -2.26. The van der Waals surface area contributed by atoms with E-state index >= 15 is 0 Å². The van der Waals surface area contributed by atoms with Crippen molar-refractivity contribution in [3.63, 3.8) is 0 Å². The molecule has 0 aliphatic carbocycles. The molecule has 3 heterocycles. The van der Waals surface area contributed by atoms with Crippen molar-refractivity contribution in [3.8, 4) is 0 Å². The molecular weight excluding hydrogens is 346 g/mol. The van der Waals surface area contributed by atoms with E-state index in [1.165, 1.54) is 24.6 Å². The fourth-order valence-electron chi connectivity index (χ4n) is 3.47. The maximum atomic E-state index is 13.2. The maximum absolute atomic E-state index is 13.2. The Labute approximate surface area is 157 Å². The maximum Gasteiger partial charge on any atom is 0.259 e. The Balaban J connectivity index is 1.67. The van der Waals surface area contributed by atoms with Gasteiger partial charge < -0.3 is 4.90 Å². The Morgan fingerprint density at radius 2 is 1.81 bits per heavy atom. The van der Waals surface area contributed by atoms with Gasteiger partial charge >= 0.3 is 0 Å². The van der Waals surface area contributed by atoms with Crippen molar-refractivity contribution in [2.24, 2.45) is 0 Å². The smallest absolute Gasteiger partial charge is 0.259 e. The molecule has 4 rings (SSSR count). The van der Waals surface area contributed by atoms with Gasteiger partial charge in [0.05, 0.1) is 11.3 Å². The molecule has 0 bridgehead atoms. The van der Waals surface area contributed by atoms with Crippen LogP contribution in [-0.4, -0.2) is 41.3 Å². The minimum Gasteiger partial charge on any atom is -0.341 e. The molecule has 0 atom stereocenters. The lowest BCUT2D eigenvalue weighted by Crippen LogP contribution is -2.43. The molecular formula is C20H21N3O2S. The van der Waals surface area contributed by atoms with Crippen LogP contribution in [0.4, 0.5) is 5.69 Å².